The number of aliphatic carboxylic acids is 1. The van der Waals surface area contributed by atoms with Gasteiger partial charge in [-0.25, -0.2) is 14.8 Å². The fourth-order valence-corrected chi connectivity index (χ4v) is 1.32. The first kappa shape index (κ1) is 13.1. The summed E-state index contributed by atoms with van der Waals surface area (Å²) in [6.45, 7) is 1.96. The molecule has 0 spiro atoms. The summed E-state index contributed by atoms with van der Waals surface area (Å²) in [6, 6.07) is -0.859. The number of nitrogens with one attached hydrogen (secondary N) is 1. The van der Waals surface area contributed by atoms with Crippen LogP contribution in [0, 0.1) is 0 Å². The molecule has 1 unspecified atom stereocenters. The Labute approximate surface area is 99.1 Å². The van der Waals surface area contributed by atoms with Gasteiger partial charge in [-0.15, -0.1) is 0 Å². The summed E-state index contributed by atoms with van der Waals surface area (Å²) in [5.41, 5.74) is 0.259. The molecule has 1 aromatic rings. The van der Waals surface area contributed by atoms with E-state index in [0.717, 1.165) is 12.8 Å². The van der Waals surface area contributed by atoms with Crippen molar-refractivity contribution >= 4 is 11.9 Å². The predicted molar refractivity (Wildman–Crippen MR) is 60.4 cm³/mol. The van der Waals surface area contributed by atoms with Crippen LogP contribution in [0.3, 0.4) is 0 Å². The molecule has 1 rings (SSSR count). The quantitative estimate of drug-likeness (QED) is 0.765. The zero-order chi connectivity index (χ0) is 12.7. The minimum absolute atomic E-state index is 0.259. The van der Waals surface area contributed by atoms with Crippen molar-refractivity contribution in [3.63, 3.8) is 0 Å². The summed E-state index contributed by atoms with van der Waals surface area (Å²) in [4.78, 5) is 30.0. The second kappa shape index (κ2) is 6.57. The summed E-state index contributed by atoms with van der Waals surface area (Å²) >= 11 is 0. The third-order valence-electron chi connectivity index (χ3n) is 2.27. The Hall–Kier alpha value is -1.98. The first-order valence-electron chi connectivity index (χ1n) is 5.43. The number of hydrogen-bond acceptors (Lipinski definition) is 4. The standard InChI is InChI=1S/C11H15N3O3/c1-2-3-4-9(11(16)17)14-10(15)8-5-12-7-13-6-8/h5-7,9H,2-4H2,1H3,(H,14,15)(H,16,17). The number of amides is 1. The maximum Gasteiger partial charge on any atom is 0.326 e. The van der Waals surface area contributed by atoms with E-state index in [9.17, 15) is 9.59 Å². The van der Waals surface area contributed by atoms with Crippen molar-refractivity contribution in [2.75, 3.05) is 0 Å². The maximum absolute atomic E-state index is 11.7. The van der Waals surface area contributed by atoms with E-state index in [1.54, 1.807) is 0 Å². The maximum atomic E-state index is 11.7. The molecule has 1 heterocycles. The molecule has 0 aliphatic rings. The SMILES string of the molecule is CCCCC(NC(=O)c1cncnc1)C(=O)O. The molecule has 1 aromatic heterocycles. The number of carboxylic acid groups (broad SMARTS) is 1. The summed E-state index contributed by atoms with van der Waals surface area (Å²) in [6.07, 6.45) is 6.06. The Bertz CT molecular complexity index is 381. The van der Waals surface area contributed by atoms with Crippen LogP contribution < -0.4 is 5.32 Å². The number of carbonyl (C=O) groups excluding carboxylic acids is 1. The lowest BCUT2D eigenvalue weighted by atomic mass is 10.1. The van der Waals surface area contributed by atoms with Gasteiger partial charge in [0.2, 0.25) is 0 Å². The third kappa shape index (κ3) is 4.18. The minimum Gasteiger partial charge on any atom is -0.480 e. The number of nitrogens with zero attached hydrogens (tertiary/aromatic N) is 2. The molecule has 0 radical (unpaired) electrons. The van der Waals surface area contributed by atoms with Gasteiger partial charge in [0, 0.05) is 12.4 Å². The van der Waals surface area contributed by atoms with Crippen molar-refractivity contribution < 1.29 is 14.7 Å². The molecule has 0 saturated carbocycles. The lowest BCUT2D eigenvalue weighted by Crippen LogP contribution is -2.40. The lowest BCUT2D eigenvalue weighted by Gasteiger charge is -2.13. The van der Waals surface area contributed by atoms with Crippen LogP contribution in [-0.4, -0.2) is 33.0 Å². The predicted octanol–water partition coefficient (Wildman–Crippen LogP) is 0.850. The normalized spacial score (nSPS) is 11.8. The van der Waals surface area contributed by atoms with Crippen LogP contribution in [0.25, 0.3) is 0 Å². The van der Waals surface area contributed by atoms with Crippen molar-refractivity contribution in [2.45, 2.75) is 32.2 Å². The van der Waals surface area contributed by atoms with Crippen LogP contribution in [0.4, 0.5) is 0 Å². The number of unbranched alkanes of at least 4 members (excludes halogenated alkanes) is 1. The number of aromatic nitrogens is 2. The van der Waals surface area contributed by atoms with Gasteiger partial charge in [0.05, 0.1) is 5.56 Å². The second-order valence-corrected chi connectivity index (χ2v) is 3.63. The second-order valence-electron chi connectivity index (χ2n) is 3.63. The Kier molecular flexibility index (Phi) is 5.06. The minimum atomic E-state index is -1.02. The summed E-state index contributed by atoms with van der Waals surface area (Å²) in [5.74, 6) is -1.49. The first-order valence-corrected chi connectivity index (χ1v) is 5.43. The largest absolute Gasteiger partial charge is 0.480 e. The molecule has 1 atom stereocenters. The zero-order valence-corrected chi connectivity index (χ0v) is 9.59. The van der Waals surface area contributed by atoms with Crippen molar-refractivity contribution in [2.24, 2.45) is 0 Å². The average Bonchev–Trinajstić information content (AvgIpc) is 2.35. The molecule has 0 aliphatic heterocycles. The topological polar surface area (TPSA) is 92.2 Å². The average molecular weight is 237 g/mol. The molecule has 1 amide bonds. The molecule has 0 aliphatic carbocycles. The molecule has 2 N–H and O–H groups in total. The van der Waals surface area contributed by atoms with E-state index >= 15 is 0 Å². The fourth-order valence-electron chi connectivity index (χ4n) is 1.32. The van der Waals surface area contributed by atoms with Gasteiger partial charge in [0.25, 0.3) is 5.91 Å². The highest BCUT2D eigenvalue weighted by Crippen LogP contribution is 2.02. The van der Waals surface area contributed by atoms with Crippen molar-refractivity contribution in [1.29, 1.82) is 0 Å². The van der Waals surface area contributed by atoms with Crippen LogP contribution in [0.15, 0.2) is 18.7 Å². The van der Waals surface area contributed by atoms with Gasteiger partial charge in [-0.05, 0) is 6.42 Å². The van der Waals surface area contributed by atoms with Gasteiger partial charge in [-0.2, -0.15) is 0 Å². The molecular formula is C11H15N3O3. The van der Waals surface area contributed by atoms with Crippen LogP contribution in [0.5, 0.6) is 0 Å². The molecule has 6 heteroatoms. The number of carboxylic acids is 1. The van der Waals surface area contributed by atoms with E-state index in [1.807, 2.05) is 6.92 Å². The van der Waals surface area contributed by atoms with E-state index in [2.05, 4.69) is 15.3 Å². The Morgan fingerprint density at radius 2 is 2.06 bits per heavy atom. The third-order valence-corrected chi connectivity index (χ3v) is 2.27. The van der Waals surface area contributed by atoms with Gasteiger partial charge in [-0.1, -0.05) is 19.8 Å². The molecule has 0 aromatic carbocycles. The Balaban J connectivity index is 2.61. The highest BCUT2D eigenvalue weighted by Gasteiger charge is 2.19. The van der Waals surface area contributed by atoms with Crippen LogP contribution in [-0.2, 0) is 4.79 Å². The van der Waals surface area contributed by atoms with E-state index < -0.39 is 17.9 Å². The zero-order valence-electron chi connectivity index (χ0n) is 9.59. The molecule has 6 nitrogen and oxygen atoms in total. The number of hydrogen-bond donors (Lipinski definition) is 2. The van der Waals surface area contributed by atoms with E-state index in [-0.39, 0.29) is 5.56 Å². The molecule has 0 fully saturated rings. The van der Waals surface area contributed by atoms with Gasteiger partial charge >= 0.3 is 5.97 Å². The van der Waals surface area contributed by atoms with Gasteiger partial charge in [0.15, 0.2) is 0 Å². The number of rotatable bonds is 6. The van der Waals surface area contributed by atoms with Crippen molar-refractivity contribution in [3.8, 4) is 0 Å². The van der Waals surface area contributed by atoms with Gasteiger partial charge < -0.3 is 10.4 Å². The summed E-state index contributed by atoms with van der Waals surface area (Å²) in [5, 5.41) is 11.4. The molecule has 92 valence electrons. The lowest BCUT2D eigenvalue weighted by molar-refractivity contribution is -0.139. The first-order chi connectivity index (χ1) is 8.15. The highest BCUT2D eigenvalue weighted by atomic mass is 16.4. The fraction of sp³-hybridized carbons (Fsp3) is 0.455. The van der Waals surface area contributed by atoms with Crippen LogP contribution >= 0.6 is 0 Å². The Morgan fingerprint density at radius 1 is 1.41 bits per heavy atom. The van der Waals surface area contributed by atoms with Crippen molar-refractivity contribution in [3.05, 3.63) is 24.3 Å². The van der Waals surface area contributed by atoms with E-state index in [0.29, 0.717) is 6.42 Å². The molecule has 0 bridgehead atoms. The summed E-state index contributed by atoms with van der Waals surface area (Å²) in [7, 11) is 0. The Morgan fingerprint density at radius 3 is 2.59 bits per heavy atom. The molecule has 17 heavy (non-hydrogen) atoms. The molecular weight excluding hydrogens is 222 g/mol. The monoisotopic (exact) mass is 237 g/mol. The van der Waals surface area contributed by atoms with Gasteiger partial charge in [-0.3, -0.25) is 4.79 Å². The highest BCUT2D eigenvalue weighted by molar-refractivity contribution is 5.95. The van der Waals surface area contributed by atoms with E-state index in [4.69, 9.17) is 5.11 Å². The summed E-state index contributed by atoms with van der Waals surface area (Å²) < 4.78 is 0. The van der Waals surface area contributed by atoms with Crippen LogP contribution in [0.2, 0.25) is 0 Å². The van der Waals surface area contributed by atoms with Gasteiger partial charge in [0.1, 0.15) is 12.4 Å². The molecule has 0 saturated heterocycles. The number of carbonyl (C=O) groups is 2. The smallest absolute Gasteiger partial charge is 0.326 e. The van der Waals surface area contributed by atoms with E-state index in [1.165, 1.54) is 18.7 Å². The van der Waals surface area contributed by atoms with Crippen molar-refractivity contribution in [1.82, 2.24) is 15.3 Å². The van der Waals surface area contributed by atoms with Crippen LogP contribution in [0.1, 0.15) is 36.5 Å².